The second-order valence-electron chi connectivity index (χ2n) is 8.47. The van der Waals surface area contributed by atoms with Crippen LogP contribution in [0, 0.1) is 0 Å². The maximum atomic E-state index is 13.1. The van der Waals surface area contributed by atoms with Crippen LogP contribution in [0.2, 0.25) is 0 Å². The van der Waals surface area contributed by atoms with Gasteiger partial charge in [-0.15, -0.1) is 0 Å². The summed E-state index contributed by atoms with van der Waals surface area (Å²) in [5.74, 6) is 1.77. The highest BCUT2D eigenvalue weighted by atomic mass is 16.2. The number of amides is 1. The van der Waals surface area contributed by atoms with E-state index in [4.69, 9.17) is 0 Å². The van der Waals surface area contributed by atoms with E-state index in [9.17, 15) is 4.79 Å². The molecule has 7 nitrogen and oxygen atoms in total. The lowest BCUT2D eigenvalue weighted by Gasteiger charge is -2.32. The van der Waals surface area contributed by atoms with Gasteiger partial charge in [0.1, 0.15) is 5.82 Å². The van der Waals surface area contributed by atoms with Gasteiger partial charge in [-0.05, 0) is 68.5 Å². The van der Waals surface area contributed by atoms with Crippen molar-refractivity contribution < 1.29 is 4.79 Å². The smallest absolute Gasteiger partial charge is 0.253 e. The van der Waals surface area contributed by atoms with Gasteiger partial charge in [-0.3, -0.25) is 14.9 Å². The molecule has 31 heavy (non-hydrogen) atoms. The van der Waals surface area contributed by atoms with Crippen LogP contribution in [0.15, 0.2) is 48.8 Å². The Labute approximate surface area is 182 Å². The number of nitrogens with one attached hydrogen (secondary N) is 1. The maximum Gasteiger partial charge on any atom is 0.253 e. The summed E-state index contributed by atoms with van der Waals surface area (Å²) in [6.45, 7) is 3.67. The van der Waals surface area contributed by atoms with Gasteiger partial charge in [-0.1, -0.05) is 0 Å². The number of likely N-dealkylation sites (tertiary alicyclic amines) is 1. The third kappa shape index (κ3) is 4.31. The van der Waals surface area contributed by atoms with Crippen LogP contribution in [0.25, 0.3) is 11.4 Å². The topological polar surface area (TPSA) is 78.0 Å². The number of aromatic nitrogens is 4. The van der Waals surface area contributed by atoms with E-state index in [-0.39, 0.29) is 11.8 Å². The Balaban J connectivity index is 1.26. The zero-order valence-electron chi connectivity index (χ0n) is 17.7. The second-order valence-corrected chi connectivity index (χ2v) is 8.47. The minimum atomic E-state index is 0.0990. The molecule has 2 saturated heterocycles. The third-order valence-corrected chi connectivity index (χ3v) is 6.35. The Morgan fingerprint density at radius 2 is 1.84 bits per heavy atom. The fourth-order valence-corrected chi connectivity index (χ4v) is 4.62. The molecule has 4 heterocycles. The summed E-state index contributed by atoms with van der Waals surface area (Å²) in [5.41, 5.74) is 2.87. The van der Waals surface area contributed by atoms with Crippen molar-refractivity contribution in [1.82, 2.24) is 25.1 Å². The predicted octanol–water partition coefficient (Wildman–Crippen LogP) is 3.88. The Hall–Kier alpha value is -3.22. The fraction of sp³-hybridized carbons (Fsp3) is 0.417. The standard InChI is InChI=1S/C24H28N6O/c31-24(18-8-10-21(11-9-18)29-13-2-1-3-14-29)30-15-5-7-20(17-30)23-26-22(27-28-23)19-6-4-12-25-16-19/h4,6,8-12,16,20H,1-3,5,7,13-15,17H2,(H,26,27,28). The molecule has 5 rings (SSSR count). The summed E-state index contributed by atoms with van der Waals surface area (Å²) < 4.78 is 0. The molecule has 1 atom stereocenters. The zero-order chi connectivity index (χ0) is 21.0. The van der Waals surface area contributed by atoms with Crippen LogP contribution in [0.1, 0.15) is 54.2 Å². The van der Waals surface area contributed by atoms with E-state index in [1.54, 1.807) is 12.4 Å². The van der Waals surface area contributed by atoms with Crippen LogP contribution < -0.4 is 4.90 Å². The number of pyridine rings is 1. The van der Waals surface area contributed by atoms with Crippen molar-refractivity contribution in [2.45, 2.75) is 38.0 Å². The predicted molar refractivity (Wildman–Crippen MR) is 120 cm³/mol. The second kappa shape index (κ2) is 8.88. The van der Waals surface area contributed by atoms with Gasteiger partial charge >= 0.3 is 0 Å². The van der Waals surface area contributed by atoms with Crippen LogP contribution in [0.4, 0.5) is 5.69 Å². The maximum absolute atomic E-state index is 13.1. The molecular formula is C24H28N6O. The molecule has 2 aliphatic rings. The minimum absolute atomic E-state index is 0.0990. The first-order chi connectivity index (χ1) is 15.3. The number of hydrogen-bond acceptors (Lipinski definition) is 5. The summed E-state index contributed by atoms with van der Waals surface area (Å²) in [4.78, 5) is 26.3. The van der Waals surface area contributed by atoms with Gasteiger partial charge in [0.2, 0.25) is 0 Å². The molecule has 1 amide bonds. The number of H-pyrrole nitrogens is 1. The van der Waals surface area contributed by atoms with E-state index >= 15 is 0 Å². The number of piperidine rings is 2. The Morgan fingerprint density at radius 3 is 2.61 bits per heavy atom. The molecule has 2 aliphatic heterocycles. The molecule has 0 spiro atoms. The summed E-state index contributed by atoms with van der Waals surface area (Å²) >= 11 is 0. The SMILES string of the molecule is O=C(c1ccc(N2CCCCC2)cc1)N1CCCC(c2nc(-c3cccnc3)n[nH]2)C1. The van der Waals surface area contributed by atoms with E-state index in [2.05, 4.69) is 37.2 Å². The van der Waals surface area contributed by atoms with Gasteiger partial charge in [0.05, 0.1) is 0 Å². The highest BCUT2D eigenvalue weighted by molar-refractivity contribution is 5.94. The molecule has 1 unspecified atom stereocenters. The van der Waals surface area contributed by atoms with Crippen LogP contribution in [-0.4, -0.2) is 57.2 Å². The lowest BCUT2D eigenvalue weighted by molar-refractivity contribution is 0.0704. The van der Waals surface area contributed by atoms with E-state index in [1.165, 1.54) is 24.9 Å². The number of carbonyl (C=O) groups is 1. The first-order valence-corrected chi connectivity index (χ1v) is 11.2. The van der Waals surface area contributed by atoms with Gasteiger partial charge in [0.15, 0.2) is 5.82 Å². The molecule has 0 aliphatic carbocycles. The van der Waals surface area contributed by atoms with Crippen LogP contribution in [0.5, 0.6) is 0 Å². The van der Waals surface area contributed by atoms with Crippen molar-refractivity contribution in [3.63, 3.8) is 0 Å². The summed E-state index contributed by atoms with van der Waals surface area (Å²) in [6.07, 6.45) is 9.28. The molecule has 0 saturated carbocycles. The van der Waals surface area contributed by atoms with Gasteiger partial charge in [0, 0.05) is 61.3 Å². The molecule has 1 aromatic carbocycles. The number of nitrogens with zero attached hydrogens (tertiary/aromatic N) is 5. The zero-order valence-corrected chi connectivity index (χ0v) is 17.7. The number of rotatable bonds is 4. The van der Waals surface area contributed by atoms with Gasteiger partial charge in [-0.25, -0.2) is 4.98 Å². The van der Waals surface area contributed by atoms with E-state index in [0.29, 0.717) is 12.4 Å². The summed E-state index contributed by atoms with van der Waals surface area (Å²) in [7, 11) is 0. The first-order valence-electron chi connectivity index (χ1n) is 11.2. The average molecular weight is 417 g/mol. The highest BCUT2D eigenvalue weighted by Gasteiger charge is 2.28. The normalized spacial score (nSPS) is 19.4. The summed E-state index contributed by atoms with van der Waals surface area (Å²) in [6, 6.07) is 12.0. The number of carbonyl (C=O) groups excluding carboxylic acids is 1. The number of anilines is 1. The highest BCUT2D eigenvalue weighted by Crippen LogP contribution is 2.27. The third-order valence-electron chi connectivity index (χ3n) is 6.35. The Kier molecular flexibility index (Phi) is 5.65. The van der Waals surface area contributed by atoms with Gasteiger partial charge in [0.25, 0.3) is 5.91 Å². The van der Waals surface area contributed by atoms with Gasteiger partial charge in [-0.2, -0.15) is 5.10 Å². The van der Waals surface area contributed by atoms with Crippen molar-refractivity contribution >= 4 is 11.6 Å². The fourth-order valence-electron chi connectivity index (χ4n) is 4.62. The molecule has 0 bridgehead atoms. The number of aromatic amines is 1. The van der Waals surface area contributed by atoms with Crippen molar-refractivity contribution in [3.05, 3.63) is 60.2 Å². The Bertz CT molecular complexity index is 1010. The largest absolute Gasteiger partial charge is 0.372 e. The van der Waals surface area contributed by atoms with Crippen LogP contribution in [0.3, 0.4) is 0 Å². The summed E-state index contributed by atoms with van der Waals surface area (Å²) in [5, 5.41) is 7.44. The molecule has 0 radical (unpaired) electrons. The monoisotopic (exact) mass is 416 g/mol. The average Bonchev–Trinajstić information content (AvgIpc) is 3.35. The van der Waals surface area contributed by atoms with Crippen LogP contribution >= 0.6 is 0 Å². The molecular weight excluding hydrogens is 388 g/mol. The number of benzene rings is 1. The Morgan fingerprint density at radius 1 is 1.00 bits per heavy atom. The van der Waals surface area contributed by atoms with E-state index in [1.807, 2.05) is 29.2 Å². The van der Waals surface area contributed by atoms with E-state index < -0.39 is 0 Å². The quantitative estimate of drug-likeness (QED) is 0.698. The molecule has 3 aromatic rings. The molecule has 2 fully saturated rings. The van der Waals surface area contributed by atoms with Gasteiger partial charge < -0.3 is 9.80 Å². The van der Waals surface area contributed by atoms with Crippen molar-refractivity contribution in [1.29, 1.82) is 0 Å². The van der Waals surface area contributed by atoms with Crippen molar-refractivity contribution in [2.75, 3.05) is 31.1 Å². The molecule has 160 valence electrons. The number of hydrogen-bond donors (Lipinski definition) is 1. The lowest BCUT2D eigenvalue weighted by Crippen LogP contribution is -2.39. The van der Waals surface area contributed by atoms with Crippen molar-refractivity contribution in [2.24, 2.45) is 0 Å². The first kappa shape index (κ1) is 19.7. The van der Waals surface area contributed by atoms with Crippen LogP contribution in [-0.2, 0) is 0 Å². The minimum Gasteiger partial charge on any atom is -0.372 e. The molecule has 1 N–H and O–H groups in total. The molecule has 2 aromatic heterocycles. The van der Waals surface area contributed by atoms with Crippen molar-refractivity contribution in [3.8, 4) is 11.4 Å². The van der Waals surface area contributed by atoms with E-state index in [0.717, 1.165) is 49.4 Å². The lowest BCUT2D eigenvalue weighted by atomic mass is 9.96. The molecule has 7 heteroatoms.